The first-order chi connectivity index (χ1) is 14.3. The maximum Gasteiger partial charge on any atom is 0.306 e. The van der Waals surface area contributed by atoms with Gasteiger partial charge in [0.25, 0.3) is 0 Å². The summed E-state index contributed by atoms with van der Waals surface area (Å²) >= 11 is 0. The summed E-state index contributed by atoms with van der Waals surface area (Å²) in [5.74, 6) is 1.19. The molecule has 1 fully saturated rings. The molecule has 2 rings (SSSR count). The summed E-state index contributed by atoms with van der Waals surface area (Å²) in [6, 6.07) is 8.26. The zero-order valence-corrected chi connectivity index (χ0v) is 18.8. The van der Waals surface area contributed by atoms with Crippen LogP contribution in [0.25, 0.3) is 0 Å². The van der Waals surface area contributed by atoms with E-state index in [0.29, 0.717) is 13.0 Å². The summed E-state index contributed by atoms with van der Waals surface area (Å²) in [7, 11) is 0. The summed E-state index contributed by atoms with van der Waals surface area (Å²) in [4.78, 5) is 12.5. The zero-order valence-electron chi connectivity index (χ0n) is 18.8. The number of benzene rings is 1. The molecule has 0 aromatic heterocycles. The molecule has 0 bridgehead atoms. The molecule has 1 aromatic carbocycles. The Morgan fingerprint density at radius 3 is 2.28 bits per heavy atom. The molecule has 2 atom stereocenters. The van der Waals surface area contributed by atoms with Gasteiger partial charge in [-0.05, 0) is 38.7 Å². The summed E-state index contributed by atoms with van der Waals surface area (Å²) in [5.41, 5.74) is 1.20. The number of rotatable bonds is 14. The van der Waals surface area contributed by atoms with E-state index in [1.54, 1.807) is 0 Å². The van der Waals surface area contributed by atoms with Gasteiger partial charge in [-0.15, -0.1) is 0 Å². The monoisotopic (exact) mass is 402 g/mol. The molecule has 0 spiro atoms. The fourth-order valence-corrected chi connectivity index (χ4v) is 4.48. The molecule has 1 aliphatic carbocycles. The summed E-state index contributed by atoms with van der Waals surface area (Å²) in [5, 5.41) is 0. The molecule has 0 N–H and O–H groups in total. The highest BCUT2D eigenvalue weighted by Crippen LogP contribution is 2.39. The van der Waals surface area contributed by atoms with E-state index >= 15 is 0 Å². The third-order valence-corrected chi connectivity index (χ3v) is 6.09. The molecule has 0 radical (unpaired) electrons. The Morgan fingerprint density at radius 1 is 0.897 bits per heavy atom. The lowest BCUT2D eigenvalue weighted by Crippen LogP contribution is -2.29. The Balaban J connectivity index is 1.72. The van der Waals surface area contributed by atoms with Crippen molar-refractivity contribution < 1.29 is 14.3 Å². The second-order valence-corrected chi connectivity index (χ2v) is 8.47. The molecule has 3 nitrogen and oxygen atoms in total. The number of carbonyl (C=O) groups excluding carboxylic acids is 1. The number of hydrogen-bond acceptors (Lipinski definition) is 3. The number of carbonyl (C=O) groups is 1. The Morgan fingerprint density at radius 2 is 1.55 bits per heavy atom. The van der Waals surface area contributed by atoms with E-state index in [2.05, 4.69) is 19.1 Å². The van der Waals surface area contributed by atoms with Crippen LogP contribution in [0, 0.1) is 0 Å². The first-order valence-electron chi connectivity index (χ1n) is 12.2. The van der Waals surface area contributed by atoms with Gasteiger partial charge in [-0.2, -0.15) is 0 Å². The van der Waals surface area contributed by atoms with Crippen molar-refractivity contribution in [2.75, 3.05) is 6.61 Å². The normalized spacial score (nSPS) is 19.1. The Kier molecular flexibility index (Phi) is 11.9. The molecule has 3 heteroatoms. The van der Waals surface area contributed by atoms with E-state index in [1.165, 1.54) is 56.9 Å². The van der Waals surface area contributed by atoms with E-state index in [1.807, 2.05) is 19.1 Å². The molecule has 0 heterocycles. The average Bonchev–Trinajstić information content (AvgIpc) is 2.74. The molecule has 1 saturated carbocycles. The minimum absolute atomic E-state index is 0.00331. The molecule has 1 aliphatic rings. The third kappa shape index (κ3) is 8.80. The predicted molar refractivity (Wildman–Crippen MR) is 121 cm³/mol. The van der Waals surface area contributed by atoms with E-state index in [9.17, 15) is 4.79 Å². The maximum atomic E-state index is 12.5. The van der Waals surface area contributed by atoms with Crippen molar-refractivity contribution in [2.24, 2.45) is 0 Å². The molecular weight excluding hydrogens is 360 g/mol. The van der Waals surface area contributed by atoms with Crippen molar-refractivity contribution in [2.45, 2.75) is 116 Å². The first-order valence-corrected chi connectivity index (χ1v) is 12.2. The van der Waals surface area contributed by atoms with Gasteiger partial charge in [-0.3, -0.25) is 4.79 Å². The summed E-state index contributed by atoms with van der Waals surface area (Å²) in [6.07, 6.45) is 16.3. The molecule has 0 unspecified atom stereocenters. The van der Waals surface area contributed by atoms with Crippen LogP contribution < -0.4 is 4.74 Å². The highest BCUT2D eigenvalue weighted by atomic mass is 16.5. The molecule has 1 aromatic rings. The summed E-state index contributed by atoms with van der Waals surface area (Å²) < 4.78 is 11.8. The highest BCUT2D eigenvalue weighted by Gasteiger charge is 2.31. The number of para-hydroxylation sites is 1. The fraction of sp³-hybridized carbons (Fsp3) is 0.731. The van der Waals surface area contributed by atoms with E-state index in [-0.39, 0.29) is 18.0 Å². The van der Waals surface area contributed by atoms with Gasteiger partial charge in [0.15, 0.2) is 0 Å². The van der Waals surface area contributed by atoms with Gasteiger partial charge in [-0.25, -0.2) is 0 Å². The largest absolute Gasteiger partial charge is 0.494 e. The van der Waals surface area contributed by atoms with Gasteiger partial charge in [0.2, 0.25) is 0 Å². The molecule has 29 heavy (non-hydrogen) atoms. The number of esters is 1. The van der Waals surface area contributed by atoms with Crippen LogP contribution in [0.3, 0.4) is 0 Å². The third-order valence-electron chi connectivity index (χ3n) is 6.09. The van der Waals surface area contributed by atoms with Gasteiger partial charge in [0.1, 0.15) is 11.9 Å². The quantitative estimate of drug-likeness (QED) is 0.238. The Hall–Kier alpha value is -1.51. The number of unbranched alkanes of at least 4 members (excludes halogenated alkanes) is 8. The van der Waals surface area contributed by atoms with Crippen LogP contribution in [0.2, 0.25) is 0 Å². The molecule has 0 amide bonds. The van der Waals surface area contributed by atoms with Crippen LogP contribution in [0.1, 0.15) is 115 Å². The van der Waals surface area contributed by atoms with Gasteiger partial charge >= 0.3 is 5.97 Å². The zero-order chi connectivity index (χ0) is 20.7. The van der Waals surface area contributed by atoms with E-state index in [0.717, 1.165) is 37.9 Å². The van der Waals surface area contributed by atoms with Crippen molar-refractivity contribution >= 4 is 5.97 Å². The second kappa shape index (κ2) is 14.5. The van der Waals surface area contributed by atoms with Crippen molar-refractivity contribution in [3.8, 4) is 5.75 Å². The van der Waals surface area contributed by atoms with Gasteiger partial charge in [0, 0.05) is 17.9 Å². The first kappa shape index (κ1) is 23.8. The minimum Gasteiger partial charge on any atom is -0.494 e. The standard InChI is InChI=1S/C26H42O3/c1-3-5-6-7-8-9-10-11-12-21-26(27)29-25-20-16-14-18-23(25)22-17-13-15-19-24(22)28-4-2/h13,15,17,19,23,25H,3-12,14,16,18,20-21H2,1-2H3/t23-,25+/m0/s1. The van der Waals surface area contributed by atoms with Gasteiger partial charge in [0.05, 0.1) is 6.61 Å². The maximum absolute atomic E-state index is 12.5. The van der Waals surface area contributed by atoms with Crippen molar-refractivity contribution in [3.63, 3.8) is 0 Å². The number of ether oxygens (including phenoxy) is 2. The van der Waals surface area contributed by atoms with Gasteiger partial charge in [-0.1, -0.05) is 82.9 Å². The van der Waals surface area contributed by atoms with Crippen LogP contribution in [-0.4, -0.2) is 18.7 Å². The lowest BCUT2D eigenvalue weighted by atomic mass is 9.81. The highest BCUT2D eigenvalue weighted by molar-refractivity contribution is 5.69. The average molecular weight is 403 g/mol. The van der Waals surface area contributed by atoms with Crippen LogP contribution in [0.15, 0.2) is 24.3 Å². The molecular formula is C26H42O3. The Labute approximate surface area is 178 Å². The van der Waals surface area contributed by atoms with E-state index < -0.39 is 0 Å². The van der Waals surface area contributed by atoms with Gasteiger partial charge < -0.3 is 9.47 Å². The Bertz CT molecular complexity index is 569. The van der Waals surface area contributed by atoms with Crippen molar-refractivity contribution in [3.05, 3.63) is 29.8 Å². The van der Waals surface area contributed by atoms with Crippen LogP contribution in [0.5, 0.6) is 5.75 Å². The van der Waals surface area contributed by atoms with Crippen molar-refractivity contribution in [1.29, 1.82) is 0 Å². The fourth-order valence-electron chi connectivity index (χ4n) is 4.48. The van der Waals surface area contributed by atoms with Crippen molar-refractivity contribution in [1.82, 2.24) is 0 Å². The molecule has 0 aliphatic heterocycles. The molecule has 164 valence electrons. The van der Waals surface area contributed by atoms with Crippen LogP contribution >= 0.6 is 0 Å². The van der Waals surface area contributed by atoms with Crippen LogP contribution in [0.4, 0.5) is 0 Å². The topological polar surface area (TPSA) is 35.5 Å². The lowest BCUT2D eigenvalue weighted by molar-refractivity contribution is -0.151. The second-order valence-electron chi connectivity index (χ2n) is 8.47. The smallest absolute Gasteiger partial charge is 0.306 e. The van der Waals surface area contributed by atoms with Crippen LogP contribution in [-0.2, 0) is 9.53 Å². The minimum atomic E-state index is -0.0151. The lowest BCUT2D eigenvalue weighted by Gasteiger charge is -2.32. The van der Waals surface area contributed by atoms with E-state index in [4.69, 9.17) is 9.47 Å². The molecule has 0 saturated heterocycles. The summed E-state index contributed by atoms with van der Waals surface area (Å²) in [6.45, 7) is 4.93. The SMILES string of the molecule is CCCCCCCCCCCC(=O)O[C@@H]1CCCC[C@H]1c1ccccc1OCC. The number of hydrogen-bond donors (Lipinski definition) is 0. The predicted octanol–water partition coefficient (Wildman–Crippen LogP) is 7.58.